The van der Waals surface area contributed by atoms with Gasteiger partial charge < -0.3 is 14.0 Å². The highest BCUT2D eigenvalue weighted by atomic mass is 35.5. The lowest BCUT2D eigenvalue weighted by Crippen LogP contribution is -2.19. The third-order valence-electron chi connectivity index (χ3n) is 8.20. The van der Waals surface area contributed by atoms with Crippen LogP contribution in [0.4, 0.5) is 0 Å². The summed E-state index contributed by atoms with van der Waals surface area (Å²) < 4.78 is 12.5. The van der Waals surface area contributed by atoms with E-state index in [1.54, 1.807) is 30.3 Å². The van der Waals surface area contributed by atoms with Crippen LogP contribution in [-0.2, 0) is 15.9 Å². The molecule has 0 N–H and O–H groups in total. The molecule has 0 bridgehead atoms. The zero-order valence-electron chi connectivity index (χ0n) is 25.2. The third-order valence-corrected chi connectivity index (χ3v) is 8.45. The number of para-hydroxylation sites is 1. The van der Waals surface area contributed by atoms with Crippen LogP contribution in [0.2, 0.25) is 5.02 Å². The molecule has 3 aromatic carbocycles. The Morgan fingerprint density at radius 1 is 0.933 bits per heavy atom. The zero-order valence-corrected chi connectivity index (χ0v) is 26.0. The summed E-state index contributed by atoms with van der Waals surface area (Å²) in [6.07, 6.45) is 4.46. The first kappa shape index (κ1) is 30.0. The predicted octanol–water partition coefficient (Wildman–Crippen LogP) is 8.00. The molecule has 1 aliphatic carbocycles. The largest absolute Gasteiger partial charge is 0.465 e. The number of ketones is 1. The molecule has 45 heavy (non-hydrogen) atoms. The summed E-state index contributed by atoms with van der Waals surface area (Å²) >= 11 is 6.09. The number of benzene rings is 3. The summed E-state index contributed by atoms with van der Waals surface area (Å²) in [5, 5.41) is 1.37. The smallest absolute Gasteiger partial charge is 0.339 e. The molecule has 6 rings (SSSR count). The summed E-state index contributed by atoms with van der Waals surface area (Å²) in [6, 6.07) is 23.9. The molecule has 2 heterocycles. The van der Waals surface area contributed by atoms with Crippen molar-refractivity contribution in [2.45, 2.75) is 33.1 Å². The van der Waals surface area contributed by atoms with E-state index in [0.717, 1.165) is 46.6 Å². The number of esters is 2. The minimum absolute atomic E-state index is 0.301. The van der Waals surface area contributed by atoms with E-state index in [-0.39, 0.29) is 5.78 Å². The third kappa shape index (κ3) is 5.91. The van der Waals surface area contributed by atoms with Crippen molar-refractivity contribution >= 4 is 51.9 Å². The summed E-state index contributed by atoms with van der Waals surface area (Å²) in [5.41, 5.74) is 8.07. The molecule has 0 fully saturated rings. The first-order chi connectivity index (χ1) is 21.7. The zero-order chi connectivity index (χ0) is 31.7. The fourth-order valence-electron chi connectivity index (χ4n) is 6.06. The van der Waals surface area contributed by atoms with E-state index >= 15 is 0 Å². The fraction of sp³-hybridized carbons (Fsp3) is 0.189. The number of fused-ring (bicyclic) bond motifs is 2. The number of Topliss-reactive ketones (excluding diaryl/α,β-unsaturated/α-hetero) is 1. The van der Waals surface area contributed by atoms with Crippen molar-refractivity contribution < 1.29 is 23.9 Å². The number of hydrogen-bond acceptors (Lipinski definition) is 6. The minimum Gasteiger partial charge on any atom is -0.465 e. The fourth-order valence-corrected chi connectivity index (χ4v) is 6.18. The van der Waals surface area contributed by atoms with Crippen molar-refractivity contribution in [1.29, 1.82) is 0 Å². The average molecular weight is 619 g/mol. The van der Waals surface area contributed by atoms with Gasteiger partial charge in [-0.05, 0) is 104 Å². The Morgan fingerprint density at radius 2 is 1.67 bits per heavy atom. The molecule has 0 radical (unpaired) electrons. The van der Waals surface area contributed by atoms with Gasteiger partial charge in [0.1, 0.15) is 0 Å². The molecule has 0 aliphatic heterocycles. The van der Waals surface area contributed by atoms with Crippen molar-refractivity contribution in [2.75, 3.05) is 13.7 Å². The summed E-state index contributed by atoms with van der Waals surface area (Å²) in [6.45, 7) is 3.34. The second kappa shape index (κ2) is 12.5. The van der Waals surface area contributed by atoms with E-state index in [2.05, 4.69) is 6.08 Å². The van der Waals surface area contributed by atoms with E-state index < -0.39 is 18.5 Å². The molecule has 0 saturated carbocycles. The SMILES string of the molecule is COC(=O)c1ccc(-n2c(C)cc(C(=O)COC(=O)c3c4c(nc5ccccc35)/C(=C/c3ccc(Cl)cc3)CCC4)c2C)cc1. The number of methoxy groups -OCH3 is 1. The second-order valence-electron chi connectivity index (χ2n) is 11.1. The molecule has 0 atom stereocenters. The predicted molar refractivity (Wildman–Crippen MR) is 175 cm³/mol. The van der Waals surface area contributed by atoms with Gasteiger partial charge in [-0.1, -0.05) is 41.9 Å². The van der Waals surface area contributed by atoms with Gasteiger partial charge in [0, 0.05) is 33.0 Å². The highest BCUT2D eigenvalue weighted by Gasteiger charge is 2.27. The lowest BCUT2D eigenvalue weighted by molar-refractivity contribution is 0.0475. The van der Waals surface area contributed by atoms with Gasteiger partial charge in [-0.15, -0.1) is 0 Å². The highest BCUT2D eigenvalue weighted by Crippen LogP contribution is 2.36. The van der Waals surface area contributed by atoms with Crippen LogP contribution in [0, 0.1) is 13.8 Å². The molecule has 0 unspecified atom stereocenters. The number of aromatic nitrogens is 2. The number of nitrogens with zero attached hydrogens (tertiary/aromatic N) is 2. The van der Waals surface area contributed by atoms with Gasteiger partial charge in [0.25, 0.3) is 0 Å². The summed E-state index contributed by atoms with van der Waals surface area (Å²) in [5.74, 6) is -1.26. The van der Waals surface area contributed by atoms with E-state index in [1.165, 1.54) is 7.11 Å². The quantitative estimate of drug-likeness (QED) is 0.136. The maximum absolute atomic E-state index is 13.8. The van der Waals surface area contributed by atoms with Gasteiger partial charge in [0.15, 0.2) is 6.61 Å². The molecule has 8 heteroatoms. The van der Waals surface area contributed by atoms with Crippen LogP contribution >= 0.6 is 11.6 Å². The van der Waals surface area contributed by atoms with Crippen LogP contribution < -0.4 is 0 Å². The number of hydrogen-bond donors (Lipinski definition) is 0. The molecule has 2 aromatic heterocycles. The minimum atomic E-state index is -0.543. The van der Waals surface area contributed by atoms with Gasteiger partial charge >= 0.3 is 11.9 Å². The van der Waals surface area contributed by atoms with Gasteiger partial charge in [-0.2, -0.15) is 0 Å². The van der Waals surface area contributed by atoms with E-state index in [9.17, 15) is 14.4 Å². The van der Waals surface area contributed by atoms with Crippen molar-refractivity contribution in [3.05, 3.63) is 129 Å². The Hall–Kier alpha value is -5.01. The van der Waals surface area contributed by atoms with E-state index in [0.29, 0.717) is 44.7 Å². The Labute approximate surface area is 266 Å². The maximum atomic E-state index is 13.8. The maximum Gasteiger partial charge on any atom is 0.339 e. The number of halogens is 1. The number of carbonyl (C=O) groups excluding carboxylic acids is 3. The number of rotatable bonds is 7. The summed E-state index contributed by atoms with van der Waals surface area (Å²) in [7, 11) is 1.34. The highest BCUT2D eigenvalue weighted by molar-refractivity contribution is 6.30. The molecule has 5 aromatic rings. The van der Waals surface area contributed by atoms with Crippen molar-refractivity contribution in [2.24, 2.45) is 0 Å². The first-order valence-electron chi connectivity index (χ1n) is 14.7. The van der Waals surface area contributed by atoms with Gasteiger partial charge in [-0.3, -0.25) is 4.79 Å². The van der Waals surface area contributed by atoms with Crippen molar-refractivity contribution in [3.8, 4) is 5.69 Å². The van der Waals surface area contributed by atoms with Crippen LogP contribution in [0.25, 0.3) is 28.2 Å². The first-order valence-corrected chi connectivity index (χ1v) is 15.1. The molecular formula is C37H31ClN2O5. The van der Waals surface area contributed by atoms with Gasteiger partial charge in [0.05, 0.1) is 29.4 Å². The lowest BCUT2D eigenvalue weighted by Gasteiger charge is -2.22. The van der Waals surface area contributed by atoms with Gasteiger partial charge in [0.2, 0.25) is 5.78 Å². The molecule has 0 amide bonds. The van der Waals surface area contributed by atoms with E-state index in [1.807, 2.05) is 66.9 Å². The topological polar surface area (TPSA) is 87.5 Å². The molecule has 7 nitrogen and oxygen atoms in total. The molecule has 0 spiro atoms. The Bertz CT molecular complexity index is 1990. The second-order valence-corrected chi connectivity index (χ2v) is 11.5. The Morgan fingerprint density at radius 3 is 2.40 bits per heavy atom. The molecular weight excluding hydrogens is 588 g/mol. The summed E-state index contributed by atoms with van der Waals surface area (Å²) in [4.78, 5) is 44.0. The average Bonchev–Trinajstić information content (AvgIpc) is 3.36. The molecule has 226 valence electrons. The Balaban J connectivity index is 1.28. The number of carbonyl (C=O) groups is 3. The van der Waals surface area contributed by atoms with Crippen LogP contribution in [0.5, 0.6) is 0 Å². The number of ether oxygens (including phenoxy) is 2. The van der Waals surface area contributed by atoms with Crippen molar-refractivity contribution in [3.63, 3.8) is 0 Å². The van der Waals surface area contributed by atoms with Crippen molar-refractivity contribution in [1.82, 2.24) is 9.55 Å². The molecule has 1 aliphatic rings. The molecule has 0 saturated heterocycles. The van der Waals surface area contributed by atoms with Crippen LogP contribution in [0.3, 0.4) is 0 Å². The normalized spacial score (nSPS) is 13.5. The number of aryl methyl sites for hydroxylation is 1. The number of pyridine rings is 1. The standard InChI is InChI=1S/C37H31ClN2O5/c1-22-19-31(23(2)40(22)28-17-13-25(14-18-28)36(42)44-3)33(41)21-45-37(43)34-29-8-4-5-10-32(29)39-35-26(7-6-9-30(34)35)20-24-11-15-27(38)16-12-24/h4-5,8,10-20H,6-7,9,21H2,1-3H3/b26-20+. The monoisotopic (exact) mass is 618 g/mol. The van der Waals surface area contributed by atoms with Crippen LogP contribution in [-0.4, -0.2) is 41.0 Å². The van der Waals surface area contributed by atoms with Gasteiger partial charge in [-0.25, -0.2) is 14.6 Å². The van der Waals surface area contributed by atoms with Crippen LogP contribution in [0.15, 0.2) is 78.9 Å². The van der Waals surface area contributed by atoms with Crippen LogP contribution in [0.1, 0.15) is 72.1 Å². The lowest BCUT2D eigenvalue weighted by atomic mass is 9.86. The number of allylic oxidation sites excluding steroid dienone is 1. The van der Waals surface area contributed by atoms with E-state index in [4.69, 9.17) is 26.1 Å². The Kier molecular flexibility index (Phi) is 8.37.